The summed E-state index contributed by atoms with van der Waals surface area (Å²) in [7, 11) is 0. The van der Waals surface area contributed by atoms with E-state index in [2.05, 4.69) is 10.2 Å². The fourth-order valence-electron chi connectivity index (χ4n) is 3.24. The Bertz CT molecular complexity index is 1330. The van der Waals surface area contributed by atoms with Crippen LogP contribution in [0, 0.1) is 26.6 Å². The topological polar surface area (TPSA) is 69.3 Å². The number of rotatable bonds is 5. The number of hydrogen-bond donors (Lipinski definition) is 0. The third-order valence-electron chi connectivity index (χ3n) is 5.02. The van der Waals surface area contributed by atoms with Crippen LogP contribution in [0.15, 0.2) is 58.7 Å². The molecule has 0 N–H and O–H groups in total. The van der Waals surface area contributed by atoms with Gasteiger partial charge in [-0.2, -0.15) is 0 Å². The first-order chi connectivity index (χ1) is 14.3. The van der Waals surface area contributed by atoms with Gasteiger partial charge in [0.05, 0.1) is 5.75 Å². The third kappa shape index (κ3) is 3.66. The molecule has 0 radical (unpaired) electrons. The van der Waals surface area contributed by atoms with Gasteiger partial charge in [0.25, 0.3) is 0 Å². The van der Waals surface area contributed by atoms with E-state index in [4.69, 9.17) is 0 Å². The average molecular weight is 422 g/mol. The molecule has 0 aliphatic heterocycles. The first kappa shape index (κ1) is 20.0. The minimum atomic E-state index is -0.377. The molecule has 2 aromatic carbocycles. The van der Waals surface area contributed by atoms with Gasteiger partial charge < -0.3 is 0 Å². The number of thioether (sulfide) groups is 1. The van der Waals surface area contributed by atoms with Gasteiger partial charge in [-0.1, -0.05) is 17.8 Å². The maximum Gasteiger partial charge on any atom is 0.300 e. The molecule has 30 heavy (non-hydrogen) atoms. The zero-order valence-corrected chi connectivity index (χ0v) is 17.5. The number of Topliss-reactive ketones (excluding diaryl/α,β-unsaturated/α-hetero) is 1. The van der Waals surface area contributed by atoms with E-state index in [0.717, 1.165) is 16.7 Å². The Labute approximate surface area is 176 Å². The molecule has 2 aromatic heterocycles. The number of halogens is 1. The second kappa shape index (κ2) is 7.87. The van der Waals surface area contributed by atoms with E-state index < -0.39 is 0 Å². The summed E-state index contributed by atoms with van der Waals surface area (Å²) in [5.74, 6) is -0.194. The fraction of sp³-hybridized carbons (Fsp3) is 0.182. The molecule has 0 fully saturated rings. The second-order valence-electron chi connectivity index (χ2n) is 7.09. The lowest BCUT2D eigenvalue weighted by Crippen LogP contribution is -2.20. The maximum atomic E-state index is 13.2. The Hall–Kier alpha value is -3.26. The van der Waals surface area contributed by atoms with Gasteiger partial charge >= 0.3 is 5.56 Å². The zero-order chi connectivity index (χ0) is 21.4. The van der Waals surface area contributed by atoms with Crippen LogP contribution in [0.25, 0.3) is 11.3 Å². The summed E-state index contributed by atoms with van der Waals surface area (Å²) in [6, 6.07) is 9.54. The Morgan fingerprint density at radius 2 is 1.70 bits per heavy atom. The van der Waals surface area contributed by atoms with Crippen LogP contribution in [0.4, 0.5) is 4.39 Å². The summed E-state index contributed by atoms with van der Waals surface area (Å²) in [6.45, 7) is 5.93. The van der Waals surface area contributed by atoms with Crippen LogP contribution >= 0.6 is 11.8 Å². The van der Waals surface area contributed by atoms with Gasteiger partial charge in [0, 0.05) is 23.6 Å². The molecule has 0 aliphatic carbocycles. The second-order valence-corrected chi connectivity index (χ2v) is 8.03. The lowest BCUT2D eigenvalue weighted by molar-refractivity contribution is 0.102. The molecule has 0 saturated carbocycles. The molecule has 8 heteroatoms. The normalized spacial score (nSPS) is 11.2. The Morgan fingerprint density at radius 1 is 1.00 bits per heavy atom. The van der Waals surface area contributed by atoms with Crippen molar-refractivity contribution in [1.29, 1.82) is 0 Å². The van der Waals surface area contributed by atoms with E-state index in [1.807, 2.05) is 32.9 Å². The number of fused-ring (bicyclic) bond motifs is 1. The van der Waals surface area contributed by atoms with E-state index in [0.29, 0.717) is 16.4 Å². The molecule has 0 bridgehead atoms. The summed E-state index contributed by atoms with van der Waals surface area (Å²) in [6.07, 6.45) is 3.24. The molecule has 2 heterocycles. The number of hydrogen-bond acceptors (Lipinski definition) is 5. The van der Waals surface area contributed by atoms with Crippen molar-refractivity contribution >= 4 is 23.2 Å². The molecule has 0 spiro atoms. The van der Waals surface area contributed by atoms with Crippen molar-refractivity contribution in [3.63, 3.8) is 0 Å². The maximum absolute atomic E-state index is 13.2. The number of carbonyl (C=O) groups is 1. The molecule has 4 rings (SSSR count). The summed E-state index contributed by atoms with van der Waals surface area (Å²) in [5, 5.41) is 8.53. The van der Waals surface area contributed by atoms with E-state index in [-0.39, 0.29) is 28.6 Å². The fourth-order valence-corrected chi connectivity index (χ4v) is 4.04. The number of aryl methyl sites for hydroxylation is 3. The molecular weight excluding hydrogens is 403 g/mol. The van der Waals surface area contributed by atoms with Crippen LogP contribution in [0.1, 0.15) is 27.0 Å². The highest BCUT2D eigenvalue weighted by molar-refractivity contribution is 7.99. The molecule has 0 amide bonds. The Morgan fingerprint density at radius 3 is 2.43 bits per heavy atom. The number of benzene rings is 2. The molecule has 6 nitrogen and oxygen atoms in total. The van der Waals surface area contributed by atoms with Crippen LogP contribution in [-0.2, 0) is 0 Å². The average Bonchev–Trinajstić information content (AvgIpc) is 3.14. The van der Waals surface area contributed by atoms with Crippen molar-refractivity contribution in [3.8, 4) is 5.69 Å². The summed E-state index contributed by atoms with van der Waals surface area (Å²) in [4.78, 5) is 25.5. The number of carbonyl (C=O) groups excluding carboxylic acids is 1. The van der Waals surface area contributed by atoms with Crippen LogP contribution in [0.3, 0.4) is 0 Å². The molecule has 0 saturated heterocycles. The first-order valence-corrected chi connectivity index (χ1v) is 10.3. The van der Waals surface area contributed by atoms with Gasteiger partial charge in [0.2, 0.25) is 5.65 Å². The van der Waals surface area contributed by atoms with Crippen molar-refractivity contribution < 1.29 is 9.18 Å². The standard InChI is InChI=1S/C22H19FN4O2S/c1-13-10-15(3)18(11-14(13)2)19(28)12-30-22-25-24-20-21(29)26(8-9-27(20)22)17-6-4-16(23)5-7-17/h4-11H,12H2,1-3H3. The molecular formula is C22H19FN4O2S. The highest BCUT2D eigenvalue weighted by atomic mass is 32.2. The monoisotopic (exact) mass is 422 g/mol. The van der Waals surface area contributed by atoms with Crippen LogP contribution in [0.2, 0.25) is 0 Å². The van der Waals surface area contributed by atoms with Gasteiger partial charge in [0.1, 0.15) is 5.82 Å². The third-order valence-corrected chi connectivity index (χ3v) is 5.96. The lowest BCUT2D eigenvalue weighted by Gasteiger charge is -2.09. The van der Waals surface area contributed by atoms with Crippen LogP contribution < -0.4 is 5.56 Å². The van der Waals surface area contributed by atoms with Crippen molar-refractivity contribution in [2.24, 2.45) is 0 Å². The number of ketones is 1. The van der Waals surface area contributed by atoms with Crippen molar-refractivity contribution in [2.45, 2.75) is 25.9 Å². The Kier molecular flexibility index (Phi) is 5.26. The smallest absolute Gasteiger partial charge is 0.293 e. The molecule has 152 valence electrons. The van der Waals surface area contributed by atoms with Crippen molar-refractivity contribution in [3.05, 3.63) is 87.2 Å². The molecule has 0 unspecified atom stereocenters. The van der Waals surface area contributed by atoms with Gasteiger partial charge in [-0.25, -0.2) is 4.39 Å². The van der Waals surface area contributed by atoms with E-state index in [1.165, 1.54) is 40.6 Å². The number of nitrogens with zero attached hydrogens (tertiary/aromatic N) is 4. The van der Waals surface area contributed by atoms with Crippen LogP contribution in [0.5, 0.6) is 0 Å². The first-order valence-electron chi connectivity index (χ1n) is 9.31. The number of aromatic nitrogens is 4. The van der Waals surface area contributed by atoms with E-state index in [1.54, 1.807) is 16.8 Å². The van der Waals surface area contributed by atoms with E-state index in [9.17, 15) is 14.0 Å². The largest absolute Gasteiger partial charge is 0.300 e. The highest BCUT2D eigenvalue weighted by Gasteiger charge is 2.16. The predicted octanol–water partition coefficient (Wildman–Crippen LogP) is 3.92. The minimum Gasteiger partial charge on any atom is -0.293 e. The summed E-state index contributed by atoms with van der Waals surface area (Å²) < 4.78 is 16.1. The van der Waals surface area contributed by atoms with Crippen LogP contribution in [-0.4, -0.2) is 30.7 Å². The summed E-state index contributed by atoms with van der Waals surface area (Å²) >= 11 is 1.23. The molecule has 0 atom stereocenters. The summed E-state index contributed by atoms with van der Waals surface area (Å²) in [5.41, 5.74) is 4.15. The van der Waals surface area contributed by atoms with Gasteiger partial charge in [-0.05, 0) is 67.8 Å². The SMILES string of the molecule is Cc1cc(C)c(C(=O)CSc2nnc3c(=O)n(-c4ccc(F)cc4)ccn23)cc1C. The van der Waals surface area contributed by atoms with Gasteiger partial charge in [0.15, 0.2) is 10.9 Å². The van der Waals surface area contributed by atoms with Gasteiger partial charge in [-0.15, -0.1) is 10.2 Å². The zero-order valence-electron chi connectivity index (χ0n) is 16.7. The van der Waals surface area contributed by atoms with Gasteiger partial charge in [-0.3, -0.25) is 18.6 Å². The molecule has 0 aliphatic rings. The Balaban J connectivity index is 1.59. The quantitative estimate of drug-likeness (QED) is 0.360. The lowest BCUT2D eigenvalue weighted by atomic mass is 9.99. The van der Waals surface area contributed by atoms with Crippen molar-refractivity contribution in [1.82, 2.24) is 19.2 Å². The van der Waals surface area contributed by atoms with E-state index >= 15 is 0 Å². The predicted molar refractivity (Wildman–Crippen MR) is 114 cm³/mol. The molecule has 4 aromatic rings. The van der Waals surface area contributed by atoms with Crippen molar-refractivity contribution in [2.75, 3.05) is 5.75 Å². The highest BCUT2D eigenvalue weighted by Crippen LogP contribution is 2.21. The minimum absolute atomic E-state index is 0.00277.